The van der Waals surface area contributed by atoms with Crippen LogP contribution in [0.1, 0.15) is 51.4 Å². The molecule has 17 heavy (non-hydrogen) atoms. The summed E-state index contributed by atoms with van der Waals surface area (Å²) in [5.74, 6) is 1.09. The van der Waals surface area contributed by atoms with Crippen LogP contribution in [0.2, 0.25) is 0 Å². The lowest BCUT2D eigenvalue weighted by molar-refractivity contribution is -0.133. The van der Waals surface area contributed by atoms with Crippen molar-refractivity contribution >= 4 is 5.91 Å². The highest BCUT2D eigenvalue weighted by Crippen LogP contribution is 2.39. The average Bonchev–Trinajstić information content (AvgIpc) is 3.14. The minimum absolute atomic E-state index is 0.118. The molecule has 2 aliphatic rings. The molecule has 98 valence electrons. The van der Waals surface area contributed by atoms with Gasteiger partial charge in [0.1, 0.15) is 0 Å². The molecule has 2 rings (SSSR count). The Balaban J connectivity index is 1.85. The summed E-state index contributed by atoms with van der Waals surface area (Å²) < 4.78 is 0. The van der Waals surface area contributed by atoms with Gasteiger partial charge in [0, 0.05) is 20.0 Å². The van der Waals surface area contributed by atoms with Crippen molar-refractivity contribution in [2.45, 2.75) is 51.4 Å². The topological polar surface area (TPSA) is 46.3 Å². The molecule has 1 amide bonds. The molecule has 0 spiro atoms. The van der Waals surface area contributed by atoms with E-state index < -0.39 is 0 Å². The number of hydrogen-bond donors (Lipinski definition) is 1. The van der Waals surface area contributed by atoms with Crippen molar-refractivity contribution in [3.63, 3.8) is 0 Å². The molecule has 0 unspecified atom stereocenters. The number of carbonyl (C=O) groups excluding carboxylic acids is 1. The van der Waals surface area contributed by atoms with E-state index in [0.717, 1.165) is 25.3 Å². The highest BCUT2D eigenvalue weighted by Gasteiger charge is 2.34. The van der Waals surface area contributed by atoms with Gasteiger partial charge in [-0.05, 0) is 43.6 Å². The van der Waals surface area contributed by atoms with Crippen LogP contribution in [0, 0.1) is 11.3 Å². The lowest BCUT2D eigenvalue weighted by Gasteiger charge is -2.36. The molecule has 2 saturated carbocycles. The molecule has 0 aromatic carbocycles. The van der Waals surface area contributed by atoms with Gasteiger partial charge in [-0.3, -0.25) is 4.79 Å². The van der Waals surface area contributed by atoms with Crippen LogP contribution >= 0.6 is 0 Å². The first-order valence-corrected chi connectivity index (χ1v) is 7.09. The Bertz CT molecular complexity index is 267. The van der Waals surface area contributed by atoms with E-state index in [1.54, 1.807) is 0 Å². The maximum atomic E-state index is 12.2. The molecule has 2 fully saturated rings. The van der Waals surface area contributed by atoms with E-state index in [1.165, 1.54) is 32.1 Å². The quantitative estimate of drug-likeness (QED) is 0.797. The predicted octanol–water partition coefficient (Wildman–Crippen LogP) is 2.15. The summed E-state index contributed by atoms with van der Waals surface area (Å²) in [4.78, 5) is 14.1. The molecule has 0 bridgehead atoms. The van der Waals surface area contributed by atoms with E-state index in [9.17, 15) is 4.79 Å². The van der Waals surface area contributed by atoms with Crippen molar-refractivity contribution in [3.05, 3.63) is 0 Å². The number of nitrogens with zero attached hydrogens (tertiary/aromatic N) is 1. The molecule has 0 radical (unpaired) electrons. The number of carbonyl (C=O) groups is 1. The highest BCUT2D eigenvalue weighted by atomic mass is 16.2. The predicted molar refractivity (Wildman–Crippen MR) is 69.6 cm³/mol. The lowest BCUT2D eigenvalue weighted by atomic mass is 9.71. The smallest absolute Gasteiger partial charge is 0.222 e. The van der Waals surface area contributed by atoms with Gasteiger partial charge in [-0.25, -0.2) is 0 Å². The molecule has 0 atom stereocenters. The molecular weight excluding hydrogens is 212 g/mol. The summed E-state index contributed by atoms with van der Waals surface area (Å²) in [7, 11) is 1.95. The lowest BCUT2D eigenvalue weighted by Crippen LogP contribution is -2.39. The van der Waals surface area contributed by atoms with Crippen LogP contribution in [-0.2, 0) is 4.79 Å². The summed E-state index contributed by atoms with van der Waals surface area (Å²) in [5, 5.41) is 0. The maximum absolute atomic E-state index is 12.2. The SMILES string of the molecule is CN(CC1CC1)C(=O)CC1(CN)CCCCC1. The van der Waals surface area contributed by atoms with Crippen LogP contribution in [-0.4, -0.2) is 30.9 Å². The second-order valence-corrected chi connectivity index (χ2v) is 6.16. The van der Waals surface area contributed by atoms with Crippen molar-refractivity contribution in [3.8, 4) is 0 Å². The van der Waals surface area contributed by atoms with E-state index in [-0.39, 0.29) is 5.41 Å². The molecule has 0 heterocycles. The summed E-state index contributed by atoms with van der Waals surface area (Å²) in [6.45, 7) is 1.63. The first-order chi connectivity index (χ1) is 8.15. The van der Waals surface area contributed by atoms with Gasteiger partial charge in [0.25, 0.3) is 0 Å². The number of rotatable bonds is 5. The number of nitrogens with two attached hydrogens (primary N) is 1. The molecule has 2 N–H and O–H groups in total. The van der Waals surface area contributed by atoms with E-state index in [1.807, 2.05) is 11.9 Å². The van der Waals surface area contributed by atoms with Gasteiger partial charge in [0.2, 0.25) is 5.91 Å². The van der Waals surface area contributed by atoms with Crippen molar-refractivity contribution < 1.29 is 4.79 Å². The maximum Gasteiger partial charge on any atom is 0.222 e. The van der Waals surface area contributed by atoms with Crippen LogP contribution in [0.25, 0.3) is 0 Å². The van der Waals surface area contributed by atoms with Gasteiger partial charge in [0.15, 0.2) is 0 Å². The van der Waals surface area contributed by atoms with Gasteiger partial charge in [0.05, 0.1) is 0 Å². The Hall–Kier alpha value is -0.570. The van der Waals surface area contributed by atoms with E-state index >= 15 is 0 Å². The standard InChI is InChI=1S/C14H26N2O/c1-16(10-12-5-6-12)13(17)9-14(11-15)7-3-2-4-8-14/h12H,2-11,15H2,1H3. The molecule has 2 aliphatic carbocycles. The Kier molecular flexibility index (Phi) is 4.08. The first-order valence-electron chi connectivity index (χ1n) is 7.09. The summed E-state index contributed by atoms with van der Waals surface area (Å²) in [6.07, 6.45) is 9.38. The largest absolute Gasteiger partial charge is 0.345 e. The summed E-state index contributed by atoms with van der Waals surface area (Å²) in [5.41, 5.74) is 6.05. The van der Waals surface area contributed by atoms with Crippen LogP contribution in [0.15, 0.2) is 0 Å². The minimum Gasteiger partial charge on any atom is -0.345 e. The van der Waals surface area contributed by atoms with Crippen molar-refractivity contribution in [1.82, 2.24) is 4.90 Å². The van der Waals surface area contributed by atoms with E-state index in [0.29, 0.717) is 18.9 Å². The highest BCUT2D eigenvalue weighted by molar-refractivity contribution is 5.76. The Morgan fingerprint density at radius 1 is 1.29 bits per heavy atom. The molecular formula is C14H26N2O. The van der Waals surface area contributed by atoms with Crippen LogP contribution < -0.4 is 5.73 Å². The molecule has 0 aliphatic heterocycles. The zero-order valence-corrected chi connectivity index (χ0v) is 11.1. The number of hydrogen-bond acceptors (Lipinski definition) is 2. The van der Waals surface area contributed by atoms with Crippen molar-refractivity contribution in [2.75, 3.05) is 20.1 Å². The minimum atomic E-state index is 0.118. The first kappa shape index (κ1) is 12.9. The molecule has 0 aromatic heterocycles. The summed E-state index contributed by atoms with van der Waals surface area (Å²) in [6, 6.07) is 0. The van der Waals surface area contributed by atoms with Gasteiger partial charge in [-0.2, -0.15) is 0 Å². The fourth-order valence-corrected chi connectivity index (χ4v) is 3.00. The Labute approximate surface area is 105 Å². The molecule has 3 nitrogen and oxygen atoms in total. The Morgan fingerprint density at radius 3 is 2.47 bits per heavy atom. The molecule has 3 heteroatoms. The van der Waals surface area contributed by atoms with E-state index in [4.69, 9.17) is 5.73 Å². The Morgan fingerprint density at radius 2 is 1.94 bits per heavy atom. The third kappa shape index (κ3) is 3.44. The second-order valence-electron chi connectivity index (χ2n) is 6.16. The normalized spacial score (nSPS) is 23.4. The fraction of sp³-hybridized carbons (Fsp3) is 0.929. The van der Waals surface area contributed by atoms with Gasteiger partial charge < -0.3 is 10.6 Å². The van der Waals surface area contributed by atoms with Gasteiger partial charge >= 0.3 is 0 Å². The van der Waals surface area contributed by atoms with Crippen molar-refractivity contribution in [2.24, 2.45) is 17.1 Å². The fourth-order valence-electron chi connectivity index (χ4n) is 3.00. The van der Waals surface area contributed by atoms with Crippen molar-refractivity contribution in [1.29, 1.82) is 0 Å². The molecule has 0 aromatic rings. The number of amides is 1. The average molecular weight is 238 g/mol. The van der Waals surface area contributed by atoms with Gasteiger partial charge in [-0.15, -0.1) is 0 Å². The zero-order chi connectivity index (χ0) is 12.3. The zero-order valence-electron chi connectivity index (χ0n) is 11.1. The monoisotopic (exact) mass is 238 g/mol. The summed E-state index contributed by atoms with van der Waals surface area (Å²) >= 11 is 0. The van der Waals surface area contributed by atoms with Crippen LogP contribution in [0.4, 0.5) is 0 Å². The van der Waals surface area contributed by atoms with Crippen LogP contribution in [0.5, 0.6) is 0 Å². The van der Waals surface area contributed by atoms with E-state index in [2.05, 4.69) is 0 Å². The van der Waals surface area contributed by atoms with Crippen LogP contribution in [0.3, 0.4) is 0 Å². The molecule has 0 saturated heterocycles. The van der Waals surface area contributed by atoms with Gasteiger partial charge in [-0.1, -0.05) is 19.3 Å². The third-order valence-corrected chi connectivity index (χ3v) is 4.53. The third-order valence-electron chi connectivity index (χ3n) is 4.53. The second kappa shape index (κ2) is 5.38.